The van der Waals surface area contributed by atoms with Gasteiger partial charge in [-0.05, 0) is 40.2 Å². The Balaban J connectivity index is 1.65. The van der Waals surface area contributed by atoms with E-state index in [2.05, 4.69) is 47.6 Å². The second-order valence-electron chi connectivity index (χ2n) is 5.82. The van der Waals surface area contributed by atoms with Crippen LogP contribution >= 0.6 is 15.9 Å². The number of carbonyl (C=O) groups is 2. The number of nitrogens with two attached hydrogens (primary N) is 1. The third kappa shape index (κ3) is 4.75. The summed E-state index contributed by atoms with van der Waals surface area (Å²) in [5, 5.41) is 0. The Morgan fingerprint density at radius 2 is 1.43 bits per heavy atom. The van der Waals surface area contributed by atoms with Crippen LogP contribution in [0.4, 0.5) is 17.3 Å². The van der Waals surface area contributed by atoms with Gasteiger partial charge >= 0.3 is 0 Å². The smallest absolute Gasteiger partial charge is 0.273 e. The molecule has 0 aliphatic rings. The Hall–Kier alpha value is -3.86. The maximum absolute atomic E-state index is 12.4. The van der Waals surface area contributed by atoms with Crippen LogP contribution in [0.5, 0.6) is 5.75 Å². The number of methoxy groups -OCH3 is 1. The lowest BCUT2D eigenvalue weighted by Gasteiger charge is -2.14. The van der Waals surface area contributed by atoms with Gasteiger partial charge in [-0.3, -0.25) is 31.3 Å². The summed E-state index contributed by atoms with van der Waals surface area (Å²) in [6.07, 6.45) is 1.22. The monoisotopic (exact) mass is 471 g/mol. The summed E-state index contributed by atoms with van der Waals surface area (Å²) in [4.78, 5) is 32.7. The summed E-state index contributed by atoms with van der Waals surface area (Å²) < 4.78 is 5.81. The Kier molecular flexibility index (Phi) is 6.65. The largest absolute Gasteiger partial charge is 0.496 e. The van der Waals surface area contributed by atoms with Crippen molar-refractivity contribution >= 4 is 45.1 Å². The number of hydrogen-bond donors (Lipinski definition) is 5. The van der Waals surface area contributed by atoms with Crippen LogP contribution in [0, 0.1) is 0 Å². The second kappa shape index (κ2) is 9.56. The average molecular weight is 472 g/mol. The highest BCUT2D eigenvalue weighted by molar-refractivity contribution is 9.10. The number of halogens is 1. The van der Waals surface area contributed by atoms with E-state index in [1.807, 2.05) is 0 Å². The summed E-state index contributed by atoms with van der Waals surface area (Å²) in [5.41, 5.74) is 17.2. The number of benzene rings is 2. The minimum atomic E-state index is -0.442. The van der Waals surface area contributed by atoms with Crippen molar-refractivity contribution in [2.75, 3.05) is 23.7 Å². The van der Waals surface area contributed by atoms with Crippen LogP contribution in [-0.4, -0.2) is 28.9 Å². The number of carbonyl (C=O) groups excluding carboxylic acids is 2. The zero-order chi connectivity index (χ0) is 21.5. The molecule has 0 spiro atoms. The van der Waals surface area contributed by atoms with Crippen LogP contribution in [0.2, 0.25) is 0 Å². The number of para-hydroxylation sites is 1. The number of nitrogens with one attached hydrogen (secondary N) is 4. The predicted molar refractivity (Wildman–Crippen MR) is 116 cm³/mol. The summed E-state index contributed by atoms with van der Waals surface area (Å²) in [6.45, 7) is 0. The van der Waals surface area contributed by atoms with Crippen LogP contribution < -0.4 is 32.2 Å². The molecule has 11 heteroatoms. The van der Waals surface area contributed by atoms with E-state index in [1.165, 1.54) is 13.4 Å². The highest BCUT2D eigenvalue weighted by Gasteiger charge is 2.14. The van der Waals surface area contributed by atoms with Gasteiger partial charge in [0.2, 0.25) is 0 Å². The van der Waals surface area contributed by atoms with Gasteiger partial charge in [-0.25, -0.2) is 9.97 Å². The number of hydrogen-bond acceptors (Lipinski definition) is 8. The molecule has 0 radical (unpaired) electrons. The first kappa shape index (κ1) is 20.9. The van der Waals surface area contributed by atoms with Crippen molar-refractivity contribution in [3.8, 4) is 5.75 Å². The zero-order valence-corrected chi connectivity index (χ0v) is 17.4. The number of nitrogens with zero attached hydrogens (tertiary/aromatic N) is 2. The van der Waals surface area contributed by atoms with E-state index in [-0.39, 0.29) is 23.2 Å². The van der Waals surface area contributed by atoms with Gasteiger partial charge in [-0.15, -0.1) is 0 Å². The van der Waals surface area contributed by atoms with Gasteiger partial charge in [-0.1, -0.05) is 24.3 Å². The number of anilines is 3. The predicted octanol–water partition coefficient (Wildman–Crippen LogP) is 2.34. The molecule has 3 rings (SSSR count). The number of ether oxygens (including phenoxy) is 1. The van der Waals surface area contributed by atoms with Crippen LogP contribution in [0.15, 0.2) is 59.3 Å². The van der Waals surface area contributed by atoms with Crippen molar-refractivity contribution in [1.29, 1.82) is 0 Å². The van der Waals surface area contributed by atoms with Crippen LogP contribution in [0.25, 0.3) is 0 Å². The van der Waals surface area contributed by atoms with E-state index in [9.17, 15) is 9.59 Å². The third-order valence-electron chi connectivity index (χ3n) is 3.94. The molecule has 1 heterocycles. The van der Waals surface area contributed by atoms with E-state index in [4.69, 9.17) is 10.5 Å². The van der Waals surface area contributed by atoms with Crippen molar-refractivity contribution in [3.05, 3.63) is 70.5 Å². The SMILES string of the molecule is COc1ccccc1C(=O)NNc1ncnc(NNC(=O)c2ccccc2Br)c1N. The molecule has 154 valence electrons. The van der Waals surface area contributed by atoms with Crippen LogP contribution in [0.1, 0.15) is 20.7 Å². The molecule has 0 saturated carbocycles. The quantitative estimate of drug-likeness (QED) is 0.330. The third-order valence-corrected chi connectivity index (χ3v) is 4.63. The molecule has 0 unspecified atom stereocenters. The van der Waals surface area contributed by atoms with Gasteiger partial charge in [0.25, 0.3) is 11.8 Å². The van der Waals surface area contributed by atoms with Gasteiger partial charge in [0.05, 0.1) is 18.2 Å². The molecular weight excluding hydrogens is 454 g/mol. The Morgan fingerprint density at radius 3 is 2.03 bits per heavy atom. The van der Waals surface area contributed by atoms with Gasteiger partial charge in [0.1, 0.15) is 17.8 Å². The molecule has 0 aliphatic carbocycles. The molecule has 1 aromatic heterocycles. The molecule has 0 aliphatic heterocycles. The molecule has 0 atom stereocenters. The lowest BCUT2D eigenvalue weighted by atomic mass is 10.2. The number of hydrazine groups is 2. The average Bonchev–Trinajstić information content (AvgIpc) is 2.77. The van der Waals surface area contributed by atoms with Gasteiger partial charge in [-0.2, -0.15) is 0 Å². The van der Waals surface area contributed by atoms with Gasteiger partial charge < -0.3 is 10.5 Å². The van der Waals surface area contributed by atoms with Crippen LogP contribution in [0.3, 0.4) is 0 Å². The zero-order valence-electron chi connectivity index (χ0n) is 15.8. The molecule has 2 amide bonds. The molecule has 30 heavy (non-hydrogen) atoms. The first-order valence-corrected chi connectivity index (χ1v) is 9.41. The second-order valence-corrected chi connectivity index (χ2v) is 6.68. The molecule has 0 saturated heterocycles. The van der Waals surface area contributed by atoms with Crippen molar-refractivity contribution < 1.29 is 14.3 Å². The normalized spacial score (nSPS) is 10.1. The Bertz CT molecular complexity index is 1080. The van der Waals surface area contributed by atoms with E-state index < -0.39 is 5.91 Å². The fraction of sp³-hybridized carbons (Fsp3) is 0.0526. The first-order chi connectivity index (χ1) is 14.5. The lowest BCUT2D eigenvalue weighted by molar-refractivity contribution is 0.0952. The fourth-order valence-corrected chi connectivity index (χ4v) is 2.90. The maximum Gasteiger partial charge on any atom is 0.273 e. The summed E-state index contributed by atoms with van der Waals surface area (Å²) in [6, 6.07) is 13.7. The highest BCUT2D eigenvalue weighted by atomic mass is 79.9. The number of nitrogen functional groups attached to an aromatic ring is 1. The van der Waals surface area contributed by atoms with Crippen molar-refractivity contribution in [2.45, 2.75) is 0 Å². The maximum atomic E-state index is 12.4. The fourth-order valence-electron chi connectivity index (χ4n) is 2.44. The van der Waals surface area contributed by atoms with Crippen molar-refractivity contribution in [2.24, 2.45) is 0 Å². The number of rotatable bonds is 7. The summed E-state index contributed by atoms with van der Waals surface area (Å²) in [7, 11) is 1.47. The minimum Gasteiger partial charge on any atom is -0.496 e. The Labute approximate surface area is 180 Å². The standard InChI is InChI=1S/C19H18BrN7O3/c1-30-14-9-5-3-7-12(14)19(29)27-25-17-15(21)16(22-10-23-17)24-26-18(28)11-6-2-4-8-13(11)20/h2-10H,21H2,1H3,(H,26,28)(H,27,29)(H2,22,23,24,25). The van der Waals surface area contributed by atoms with Crippen LogP contribution in [-0.2, 0) is 0 Å². The van der Waals surface area contributed by atoms with E-state index >= 15 is 0 Å². The topological polar surface area (TPSA) is 143 Å². The summed E-state index contributed by atoms with van der Waals surface area (Å²) >= 11 is 3.31. The highest BCUT2D eigenvalue weighted by Crippen LogP contribution is 2.22. The van der Waals surface area contributed by atoms with Gasteiger partial charge in [0.15, 0.2) is 11.6 Å². The van der Waals surface area contributed by atoms with E-state index in [0.717, 1.165) is 0 Å². The molecule has 2 aromatic carbocycles. The lowest BCUT2D eigenvalue weighted by Crippen LogP contribution is -2.32. The van der Waals surface area contributed by atoms with Crippen molar-refractivity contribution in [1.82, 2.24) is 20.8 Å². The molecule has 0 fully saturated rings. The summed E-state index contributed by atoms with van der Waals surface area (Å²) in [5.74, 6) is -0.114. The van der Waals surface area contributed by atoms with E-state index in [1.54, 1.807) is 48.5 Å². The molecule has 10 nitrogen and oxygen atoms in total. The van der Waals surface area contributed by atoms with Gasteiger partial charge in [0, 0.05) is 4.47 Å². The Morgan fingerprint density at radius 1 is 0.900 bits per heavy atom. The van der Waals surface area contributed by atoms with Crippen molar-refractivity contribution in [3.63, 3.8) is 0 Å². The first-order valence-electron chi connectivity index (χ1n) is 8.62. The molecular formula is C19H18BrN7O3. The van der Waals surface area contributed by atoms with E-state index in [0.29, 0.717) is 21.3 Å². The number of amides is 2. The molecule has 3 aromatic rings. The molecule has 6 N–H and O–H groups in total. The number of aromatic nitrogens is 2. The molecule has 0 bridgehead atoms. The minimum absolute atomic E-state index is 0.0882.